The Morgan fingerprint density at radius 2 is 1.90 bits per heavy atom. The summed E-state index contributed by atoms with van der Waals surface area (Å²) >= 11 is 0. The number of rotatable bonds is 7. The Balaban J connectivity index is 1.84. The van der Waals surface area contributed by atoms with Crippen LogP contribution in [0.1, 0.15) is 25.1 Å². The van der Waals surface area contributed by atoms with Crippen LogP contribution in [0.5, 0.6) is 5.75 Å². The standard InChI is InChI=1S/C20H24N4O4S/c1-4-12(13-8-5-6-11-22-13)23-16-17(20(27)19(16)26)24-14-9-7-10-15(18(14)25)29(3,28)21-2/h5-12,16-17,23-25H,4H2,1-3H3/t12-,16?,17?,29?/m1/s1. The molecule has 1 aliphatic rings. The third-order valence-electron chi connectivity index (χ3n) is 5.04. The number of benzene rings is 1. The predicted octanol–water partition coefficient (Wildman–Crippen LogP) is 1.92. The number of hydrogen-bond donors (Lipinski definition) is 3. The van der Waals surface area contributed by atoms with Crippen LogP contribution in [-0.4, -0.2) is 51.3 Å². The van der Waals surface area contributed by atoms with E-state index in [-0.39, 0.29) is 22.4 Å². The summed E-state index contributed by atoms with van der Waals surface area (Å²) in [6, 6.07) is 8.44. The normalized spacial score (nSPS) is 21.8. The van der Waals surface area contributed by atoms with Gasteiger partial charge in [-0.1, -0.05) is 19.1 Å². The molecule has 3 rings (SSSR count). The van der Waals surface area contributed by atoms with Crippen LogP contribution in [0.4, 0.5) is 5.69 Å². The number of aromatic hydroxyl groups is 1. The van der Waals surface area contributed by atoms with E-state index in [1.807, 2.05) is 25.1 Å². The molecular formula is C20H24N4O4S. The summed E-state index contributed by atoms with van der Waals surface area (Å²) in [7, 11) is -1.35. The van der Waals surface area contributed by atoms with Crippen molar-refractivity contribution in [2.45, 2.75) is 36.4 Å². The van der Waals surface area contributed by atoms with Crippen molar-refractivity contribution in [3.63, 3.8) is 0 Å². The van der Waals surface area contributed by atoms with Crippen molar-refractivity contribution in [3.8, 4) is 5.75 Å². The number of phenols is 1. The van der Waals surface area contributed by atoms with Gasteiger partial charge in [-0.15, -0.1) is 0 Å². The van der Waals surface area contributed by atoms with Crippen molar-refractivity contribution in [2.24, 2.45) is 4.36 Å². The van der Waals surface area contributed by atoms with Crippen LogP contribution in [0.2, 0.25) is 0 Å². The Hall–Kier alpha value is -2.78. The molecule has 3 unspecified atom stereocenters. The molecule has 0 bridgehead atoms. The first-order valence-electron chi connectivity index (χ1n) is 9.24. The van der Waals surface area contributed by atoms with Crippen LogP contribution in [0.3, 0.4) is 0 Å². The molecule has 0 amide bonds. The number of anilines is 1. The number of carbonyl (C=O) groups excluding carboxylic acids is 2. The van der Waals surface area contributed by atoms with E-state index in [0.29, 0.717) is 6.42 Å². The highest BCUT2D eigenvalue weighted by atomic mass is 32.2. The van der Waals surface area contributed by atoms with Crippen molar-refractivity contribution in [2.75, 3.05) is 18.6 Å². The van der Waals surface area contributed by atoms with Gasteiger partial charge in [-0.3, -0.25) is 19.9 Å². The van der Waals surface area contributed by atoms with Gasteiger partial charge in [0.1, 0.15) is 12.1 Å². The molecule has 9 heteroatoms. The summed E-state index contributed by atoms with van der Waals surface area (Å²) in [5, 5.41) is 16.7. The maximum Gasteiger partial charge on any atom is 0.224 e. The lowest BCUT2D eigenvalue weighted by Gasteiger charge is -2.37. The van der Waals surface area contributed by atoms with Crippen molar-refractivity contribution < 1.29 is 18.9 Å². The van der Waals surface area contributed by atoms with Crippen LogP contribution in [0, 0.1) is 0 Å². The molecule has 154 valence electrons. The highest BCUT2D eigenvalue weighted by molar-refractivity contribution is 7.93. The number of hydrogen-bond acceptors (Lipinski definition) is 8. The number of Topliss-reactive ketones (excluding diaryl/α,β-unsaturated/α-hetero) is 2. The van der Waals surface area contributed by atoms with E-state index in [4.69, 9.17) is 0 Å². The number of phenolic OH excluding ortho intramolecular Hbond substituents is 1. The van der Waals surface area contributed by atoms with Crippen LogP contribution < -0.4 is 10.6 Å². The molecule has 0 radical (unpaired) electrons. The molecular weight excluding hydrogens is 392 g/mol. The first-order valence-corrected chi connectivity index (χ1v) is 11.2. The Bertz CT molecular complexity index is 1050. The van der Waals surface area contributed by atoms with Gasteiger partial charge in [0.2, 0.25) is 11.6 Å². The summed E-state index contributed by atoms with van der Waals surface area (Å²) in [4.78, 5) is 28.9. The van der Waals surface area contributed by atoms with Gasteiger partial charge in [0.05, 0.1) is 26.0 Å². The van der Waals surface area contributed by atoms with Gasteiger partial charge in [-0.25, -0.2) is 8.57 Å². The zero-order valence-electron chi connectivity index (χ0n) is 16.5. The van der Waals surface area contributed by atoms with Gasteiger partial charge in [0, 0.05) is 25.5 Å². The first-order chi connectivity index (χ1) is 13.8. The van der Waals surface area contributed by atoms with E-state index in [1.165, 1.54) is 19.4 Å². The average molecular weight is 417 g/mol. The number of para-hydroxylation sites is 1. The molecule has 1 saturated carbocycles. The Kier molecular flexibility index (Phi) is 5.99. The predicted molar refractivity (Wildman–Crippen MR) is 110 cm³/mol. The Morgan fingerprint density at radius 1 is 1.17 bits per heavy atom. The Morgan fingerprint density at radius 3 is 2.52 bits per heavy atom. The van der Waals surface area contributed by atoms with Crippen molar-refractivity contribution in [3.05, 3.63) is 48.3 Å². The molecule has 1 aromatic heterocycles. The summed E-state index contributed by atoms with van der Waals surface area (Å²) in [6.45, 7) is 1.96. The average Bonchev–Trinajstić information content (AvgIpc) is 2.74. The Labute approximate surface area is 169 Å². The van der Waals surface area contributed by atoms with Crippen molar-refractivity contribution in [1.82, 2.24) is 10.3 Å². The maximum absolute atomic E-state index is 12.5. The second kappa shape index (κ2) is 8.30. The fourth-order valence-electron chi connectivity index (χ4n) is 3.26. The molecule has 8 nitrogen and oxygen atoms in total. The lowest BCUT2D eigenvalue weighted by molar-refractivity contribution is -0.145. The van der Waals surface area contributed by atoms with Gasteiger partial charge in [-0.2, -0.15) is 0 Å². The smallest absolute Gasteiger partial charge is 0.224 e. The number of nitrogens with one attached hydrogen (secondary N) is 2. The number of pyridine rings is 1. The second-order valence-corrected chi connectivity index (χ2v) is 9.26. The quantitative estimate of drug-likeness (QED) is 0.466. The van der Waals surface area contributed by atoms with E-state index >= 15 is 0 Å². The molecule has 0 spiro atoms. The number of aromatic nitrogens is 1. The third kappa shape index (κ3) is 4.01. The second-order valence-electron chi connectivity index (χ2n) is 6.85. The molecule has 1 aromatic carbocycles. The molecule has 3 N–H and O–H groups in total. The molecule has 1 aliphatic carbocycles. The highest BCUT2D eigenvalue weighted by Gasteiger charge is 2.50. The van der Waals surface area contributed by atoms with Gasteiger partial charge >= 0.3 is 0 Å². The van der Waals surface area contributed by atoms with Gasteiger partial charge < -0.3 is 10.4 Å². The third-order valence-corrected chi connectivity index (χ3v) is 6.88. The van der Waals surface area contributed by atoms with Gasteiger partial charge in [-0.05, 0) is 30.7 Å². The van der Waals surface area contributed by atoms with E-state index in [2.05, 4.69) is 20.0 Å². The topological polar surface area (TPSA) is 121 Å². The molecule has 4 atom stereocenters. The number of carbonyl (C=O) groups is 2. The first kappa shape index (κ1) is 20.9. The molecule has 1 heterocycles. The van der Waals surface area contributed by atoms with Crippen LogP contribution in [0.15, 0.2) is 51.9 Å². The summed E-state index contributed by atoms with van der Waals surface area (Å²) in [5.74, 6) is -1.33. The minimum Gasteiger partial charge on any atom is -0.505 e. The minimum absolute atomic E-state index is 0.174. The fourth-order valence-corrected chi connectivity index (χ4v) is 4.25. The maximum atomic E-state index is 12.5. The van der Waals surface area contributed by atoms with E-state index < -0.39 is 33.4 Å². The van der Waals surface area contributed by atoms with Crippen molar-refractivity contribution >= 4 is 27.0 Å². The van der Waals surface area contributed by atoms with Gasteiger partial charge in [0.15, 0.2) is 5.75 Å². The number of ketones is 2. The summed E-state index contributed by atoms with van der Waals surface area (Å²) < 4.78 is 16.4. The minimum atomic E-state index is -2.76. The summed E-state index contributed by atoms with van der Waals surface area (Å²) in [6.07, 6.45) is 3.78. The zero-order chi connectivity index (χ0) is 21.2. The molecule has 0 aliphatic heterocycles. The van der Waals surface area contributed by atoms with Crippen LogP contribution in [-0.2, 0) is 19.3 Å². The van der Waals surface area contributed by atoms with Gasteiger partial charge in [0.25, 0.3) is 0 Å². The van der Waals surface area contributed by atoms with Crippen LogP contribution >= 0.6 is 0 Å². The monoisotopic (exact) mass is 416 g/mol. The van der Waals surface area contributed by atoms with E-state index in [1.54, 1.807) is 18.3 Å². The fraction of sp³-hybridized carbons (Fsp3) is 0.350. The molecule has 1 fully saturated rings. The lowest BCUT2D eigenvalue weighted by atomic mass is 9.82. The van der Waals surface area contributed by atoms with Crippen molar-refractivity contribution in [1.29, 1.82) is 0 Å². The largest absolute Gasteiger partial charge is 0.505 e. The van der Waals surface area contributed by atoms with E-state index in [0.717, 1.165) is 5.69 Å². The summed E-state index contributed by atoms with van der Waals surface area (Å²) in [5.41, 5.74) is 1.00. The highest BCUT2D eigenvalue weighted by Crippen LogP contribution is 2.34. The SMILES string of the molecule is CC[C@@H](NC1C(=O)C(=O)C1Nc1cccc(S(C)(=O)=NC)c1O)c1ccccn1. The molecule has 0 saturated heterocycles. The molecule has 2 aromatic rings. The zero-order valence-corrected chi connectivity index (χ0v) is 17.3. The lowest BCUT2D eigenvalue weighted by Crippen LogP contribution is -2.67. The van der Waals surface area contributed by atoms with Crippen LogP contribution in [0.25, 0.3) is 0 Å². The van der Waals surface area contributed by atoms with E-state index in [9.17, 15) is 18.9 Å². The number of nitrogens with zero attached hydrogens (tertiary/aromatic N) is 2. The molecule has 29 heavy (non-hydrogen) atoms.